The van der Waals surface area contributed by atoms with Crippen molar-refractivity contribution < 1.29 is 15.0 Å². The molecule has 0 saturated carbocycles. The fourth-order valence-corrected chi connectivity index (χ4v) is 2.99. The lowest BCUT2D eigenvalue weighted by Gasteiger charge is -2.17. The normalized spacial score (nSPS) is 13.1. The van der Waals surface area contributed by atoms with E-state index in [1.54, 1.807) is 17.0 Å². The SMILES string of the molecule is CC(C)(C)c1ccc(C(=O)c2cn(CC(O)CO)c3ccccc23)cn1. The molecule has 5 nitrogen and oxygen atoms in total. The van der Waals surface area contributed by atoms with Crippen molar-refractivity contribution in [2.24, 2.45) is 0 Å². The van der Waals surface area contributed by atoms with Gasteiger partial charge in [0, 0.05) is 45.5 Å². The third kappa shape index (κ3) is 3.54. The molecule has 26 heavy (non-hydrogen) atoms. The standard InChI is InChI=1S/C21H24N2O3/c1-21(2,3)19-9-8-14(10-22-19)20(26)17-12-23(11-15(25)13-24)18-7-5-4-6-16(17)18/h4-10,12,15,24-25H,11,13H2,1-3H3. The fourth-order valence-electron chi connectivity index (χ4n) is 2.99. The second-order valence-electron chi connectivity index (χ2n) is 7.56. The molecule has 0 aliphatic heterocycles. The monoisotopic (exact) mass is 352 g/mol. The first-order valence-corrected chi connectivity index (χ1v) is 8.69. The number of aliphatic hydroxyl groups is 2. The molecule has 0 saturated heterocycles. The van der Waals surface area contributed by atoms with Crippen molar-refractivity contribution in [1.29, 1.82) is 0 Å². The van der Waals surface area contributed by atoms with Gasteiger partial charge < -0.3 is 14.8 Å². The first-order valence-electron chi connectivity index (χ1n) is 8.69. The minimum absolute atomic E-state index is 0.0714. The molecule has 1 unspecified atom stereocenters. The number of ketones is 1. The van der Waals surface area contributed by atoms with Crippen LogP contribution >= 0.6 is 0 Å². The summed E-state index contributed by atoms with van der Waals surface area (Å²) in [5, 5.41) is 19.7. The molecule has 2 aromatic heterocycles. The van der Waals surface area contributed by atoms with Crippen LogP contribution in [0.5, 0.6) is 0 Å². The summed E-state index contributed by atoms with van der Waals surface area (Å²) < 4.78 is 1.81. The van der Waals surface area contributed by atoms with Crippen LogP contribution in [0.1, 0.15) is 42.4 Å². The number of aliphatic hydroxyl groups excluding tert-OH is 2. The summed E-state index contributed by atoms with van der Waals surface area (Å²) in [6.45, 7) is 6.14. The zero-order chi connectivity index (χ0) is 18.9. The number of para-hydroxylation sites is 1. The molecular formula is C21H24N2O3. The smallest absolute Gasteiger partial charge is 0.196 e. The number of fused-ring (bicyclic) bond motifs is 1. The molecule has 0 bridgehead atoms. The van der Waals surface area contributed by atoms with Crippen molar-refractivity contribution in [1.82, 2.24) is 9.55 Å². The van der Waals surface area contributed by atoms with Gasteiger partial charge in [-0.1, -0.05) is 39.0 Å². The predicted molar refractivity (Wildman–Crippen MR) is 101 cm³/mol. The molecule has 1 atom stereocenters. The molecule has 2 heterocycles. The van der Waals surface area contributed by atoms with Gasteiger partial charge in [-0.05, 0) is 18.2 Å². The van der Waals surface area contributed by atoms with Gasteiger partial charge in [-0.15, -0.1) is 0 Å². The quantitative estimate of drug-likeness (QED) is 0.692. The largest absolute Gasteiger partial charge is 0.394 e. The number of aromatic nitrogens is 2. The Labute approximate surface area is 152 Å². The highest BCUT2D eigenvalue weighted by molar-refractivity contribution is 6.16. The summed E-state index contributed by atoms with van der Waals surface area (Å²) in [7, 11) is 0. The van der Waals surface area contributed by atoms with E-state index in [4.69, 9.17) is 5.11 Å². The minimum atomic E-state index is -0.874. The van der Waals surface area contributed by atoms with Crippen LogP contribution in [0.4, 0.5) is 0 Å². The maximum absolute atomic E-state index is 13.0. The number of hydrogen-bond acceptors (Lipinski definition) is 4. The van der Waals surface area contributed by atoms with Crippen molar-refractivity contribution in [2.45, 2.75) is 38.8 Å². The molecule has 5 heteroatoms. The van der Waals surface area contributed by atoms with Crippen LogP contribution in [0.3, 0.4) is 0 Å². The summed E-state index contributed by atoms with van der Waals surface area (Å²) in [6.07, 6.45) is 2.49. The van der Waals surface area contributed by atoms with E-state index in [1.165, 1.54) is 0 Å². The summed E-state index contributed by atoms with van der Waals surface area (Å²) in [5.41, 5.74) is 2.81. The highest BCUT2D eigenvalue weighted by Crippen LogP contribution is 2.25. The molecule has 0 fully saturated rings. The average Bonchev–Trinajstić information content (AvgIpc) is 2.99. The van der Waals surface area contributed by atoms with Crippen LogP contribution < -0.4 is 0 Å². The van der Waals surface area contributed by atoms with Crippen molar-refractivity contribution in [2.75, 3.05) is 6.61 Å². The van der Waals surface area contributed by atoms with E-state index in [0.29, 0.717) is 11.1 Å². The summed E-state index contributed by atoms with van der Waals surface area (Å²) >= 11 is 0. The molecular weight excluding hydrogens is 328 g/mol. The Balaban J connectivity index is 2.00. The maximum Gasteiger partial charge on any atom is 0.196 e. The van der Waals surface area contributed by atoms with Crippen LogP contribution in [0.15, 0.2) is 48.8 Å². The molecule has 3 aromatic rings. The molecule has 3 rings (SSSR count). The first kappa shape index (κ1) is 18.3. The Bertz CT molecular complexity index is 921. The molecule has 2 N–H and O–H groups in total. The minimum Gasteiger partial charge on any atom is -0.394 e. The number of hydrogen-bond donors (Lipinski definition) is 2. The molecule has 0 radical (unpaired) electrons. The zero-order valence-electron chi connectivity index (χ0n) is 15.3. The Morgan fingerprint density at radius 1 is 1.19 bits per heavy atom. The van der Waals surface area contributed by atoms with Gasteiger partial charge in [0.05, 0.1) is 19.3 Å². The Morgan fingerprint density at radius 3 is 2.54 bits per heavy atom. The van der Waals surface area contributed by atoms with Gasteiger partial charge in [0.2, 0.25) is 0 Å². The van der Waals surface area contributed by atoms with Gasteiger partial charge >= 0.3 is 0 Å². The molecule has 1 aromatic carbocycles. The predicted octanol–water partition coefficient (Wildman–Crippen LogP) is 2.92. The Morgan fingerprint density at radius 2 is 1.92 bits per heavy atom. The number of carbonyl (C=O) groups is 1. The topological polar surface area (TPSA) is 75.4 Å². The lowest BCUT2D eigenvalue weighted by atomic mass is 9.91. The van der Waals surface area contributed by atoms with Crippen molar-refractivity contribution >= 4 is 16.7 Å². The summed E-state index contributed by atoms with van der Waals surface area (Å²) in [5.74, 6) is -0.105. The van der Waals surface area contributed by atoms with E-state index in [2.05, 4.69) is 25.8 Å². The van der Waals surface area contributed by atoms with E-state index in [9.17, 15) is 9.90 Å². The second kappa shape index (κ2) is 7.02. The van der Waals surface area contributed by atoms with Gasteiger partial charge in [0.25, 0.3) is 0 Å². The van der Waals surface area contributed by atoms with Gasteiger partial charge in [0.1, 0.15) is 0 Å². The average molecular weight is 352 g/mol. The molecule has 136 valence electrons. The number of rotatable bonds is 5. The molecule has 0 aliphatic carbocycles. The maximum atomic E-state index is 13.0. The molecule has 0 amide bonds. The van der Waals surface area contributed by atoms with Gasteiger partial charge in [-0.2, -0.15) is 0 Å². The molecule has 0 aliphatic rings. The van der Waals surface area contributed by atoms with Crippen LogP contribution in [0, 0.1) is 0 Å². The van der Waals surface area contributed by atoms with E-state index >= 15 is 0 Å². The third-order valence-electron chi connectivity index (χ3n) is 4.45. The Hall–Kier alpha value is -2.50. The first-order chi connectivity index (χ1) is 12.3. The van der Waals surface area contributed by atoms with Crippen LogP contribution in [-0.4, -0.2) is 38.3 Å². The molecule has 0 spiro atoms. The second-order valence-corrected chi connectivity index (χ2v) is 7.56. The van der Waals surface area contributed by atoms with Crippen molar-refractivity contribution in [3.8, 4) is 0 Å². The van der Waals surface area contributed by atoms with E-state index < -0.39 is 6.10 Å². The van der Waals surface area contributed by atoms with Crippen LogP contribution in [0.2, 0.25) is 0 Å². The highest BCUT2D eigenvalue weighted by atomic mass is 16.3. The lowest BCUT2D eigenvalue weighted by Crippen LogP contribution is -2.19. The zero-order valence-corrected chi connectivity index (χ0v) is 15.3. The fraction of sp³-hybridized carbons (Fsp3) is 0.333. The number of nitrogens with zero attached hydrogens (tertiary/aromatic N) is 2. The van der Waals surface area contributed by atoms with Crippen LogP contribution in [0.25, 0.3) is 10.9 Å². The van der Waals surface area contributed by atoms with Crippen molar-refractivity contribution in [3.05, 3.63) is 65.6 Å². The van der Waals surface area contributed by atoms with E-state index in [0.717, 1.165) is 16.6 Å². The van der Waals surface area contributed by atoms with Gasteiger partial charge in [-0.25, -0.2) is 0 Å². The lowest BCUT2D eigenvalue weighted by molar-refractivity contribution is 0.0821. The van der Waals surface area contributed by atoms with E-state index in [-0.39, 0.29) is 24.3 Å². The van der Waals surface area contributed by atoms with Gasteiger partial charge in [0.15, 0.2) is 5.78 Å². The summed E-state index contributed by atoms with van der Waals surface area (Å²) in [6, 6.07) is 11.3. The van der Waals surface area contributed by atoms with Crippen molar-refractivity contribution in [3.63, 3.8) is 0 Å². The Kier molecular flexibility index (Phi) is 4.94. The van der Waals surface area contributed by atoms with Gasteiger partial charge in [-0.3, -0.25) is 9.78 Å². The van der Waals surface area contributed by atoms with Crippen LogP contribution in [-0.2, 0) is 12.0 Å². The highest BCUT2D eigenvalue weighted by Gasteiger charge is 2.20. The summed E-state index contributed by atoms with van der Waals surface area (Å²) in [4.78, 5) is 17.5. The number of benzene rings is 1. The van der Waals surface area contributed by atoms with E-state index in [1.807, 2.05) is 36.4 Å². The third-order valence-corrected chi connectivity index (χ3v) is 4.45. The number of carbonyl (C=O) groups excluding carboxylic acids is 1. The number of pyridine rings is 1.